The molecule has 4 aromatic heterocycles. The quantitative estimate of drug-likeness (QED) is 0.187. The van der Waals surface area contributed by atoms with Crippen molar-refractivity contribution < 1.29 is 0 Å². The van der Waals surface area contributed by atoms with E-state index in [9.17, 15) is 0 Å². The third-order valence-corrected chi connectivity index (χ3v) is 8.89. The lowest BCUT2D eigenvalue weighted by molar-refractivity contribution is 1.24. The van der Waals surface area contributed by atoms with Crippen LogP contribution in [0.3, 0.4) is 0 Å². The van der Waals surface area contributed by atoms with Crippen LogP contribution in [0.1, 0.15) is 11.1 Å². The first-order valence-corrected chi connectivity index (χ1v) is 15.5. The average molecular weight is 591 g/mol. The SMILES string of the molecule is Cc1c(-c2ccccn2)ccnc1-c1c2ccccc2c(-c2nccc(-c3ccccn3)c2C)c2cc(-c3ccccc3)ccc12. The molecule has 0 aliphatic rings. The van der Waals surface area contributed by atoms with Crippen molar-refractivity contribution in [1.82, 2.24) is 19.9 Å². The van der Waals surface area contributed by atoms with Crippen molar-refractivity contribution >= 4 is 21.5 Å². The van der Waals surface area contributed by atoms with Crippen molar-refractivity contribution in [2.24, 2.45) is 0 Å². The fourth-order valence-corrected chi connectivity index (χ4v) is 6.67. The van der Waals surface area contributed by atoms with Gasteiger partial charge in [0.2, 0.25) is 0 Å². The molecule has 0 unspecified atom stereocenters. The second-order valence-electron chi connectivity index (χ2n) is 11.5. The van der Waals surface area contributed by atoms with Crippen LogP contribution in [0.5, 0.6) is 0 Å². The van der Waals surface area contributed by atoms with Crippen LogP contribution in [0.4, 0.5) is 0 Å². The summed E-state index contributed by atoms with van der Waals surface area (Å²) in [5, 5.41) is 4.53. The van der Waals surface area contributed by atoms with Gasteiger partial charge in [-0.25, -0.2) is 0 Å². The topological polar surface area (TPSA) is 51.6 Å². The summed E-state index contributed by atoms with van der Waals surface area (Å²) < 4.78 is 0. The molecular weight excluding hydrogens is 560 g/mol. The van der Waals surface area contributed by atoms with Crippen molar-refractivity contribution in [3.63, 3.8) is 0 Å². The number of pyridine rings is 4. The average Bonchev–Trinajstić information content (AvgIpc) is 3.12. The third-order valence-electron chi connectivity index (χ3n) is 8.89. The lowest BCUT2D eigenvalue weighted by Crippen LogP contribution is -1.99. The number of hydrogen-bond donors (Lipinski definition) is 0. The number of hydrogen-bond acceptors (Lipinski definition) is 4. The summed E-state index contributed by atoms with van der Waals surface area (Å²) in [4.78, 5) is 19.4. The Morgan fingerprint density at radius 2 is 0.870 bits per heavy atom. The minimum Gasteiger partial charge on any atom is -0.256 e. The summed E-state index contributed by atoms with van der Waals surface area (Å²) in [5.41, 5.74) is 12.7. The molecule has 4 nitrogen and oxygen atoms in total. The predicted octanol–water partition coefficient (Wildman–Crippen LogP) is 10.5. The molecule has 0 N–H and O–H groups in total. The largest absolute Gasteiger partial charge is 0.256 e. The highest BCUT2D eigenvalue weighted by Gasteiger charge is 2.22. The molecule has 0 amide bonds. The summed E-state index contributed by atoms with van der Waals surface area (Å²) >= 11 is 0. The molecule has 218 valence electrons. The molecule has 0 radical (unpaired) electrons. The van der Waals surface area contributed by atoms with E-state index in [0.29, 0.717) is 0 Å². The Balaban J connectivity index is 1.49. The van der Waals surface area contributed by atoms with Gasteiger partial charge in [-0.2, -0.15) is 0 Å². The minimum absolute atomic E-state index is 0.935. The van der Waals surface area contributed by atoms with Crippen molar-refractivity contribution in [3.8, 4) is 56.2 Å². The van der Waals surface area contributed by atoms with Gasteiger partial charge in [0.25, 0.3) is 0 Å². The van der Waals surface area contributed by atoms with Crippen molar-refractivity contribution in [2.45, 2.75) is 13.8 Å². The van der Waals surface area contributed by atoms with Crippen LogP contribution in [0.15, 0.2) is 146 Å². The van der Waals surface area contributed by atoms with Gasteiger partial charge in [0.15, 0.2) is 0 Å². The molecule has 0 atom stereocenters. The Kier molecular flexibility index (Phi) is 6.88. The molecule has 0 saturated carbocycles. The first-order valence-electron chi connectivity index (χ1n) is 15.5. The van der Waals surface area contributed by atoms with Crippen molar-refractivity contribution in [2.75, 3.05) is 0 Å². The standard InChI is InChI=1S/C42H30N4/c1-27-31(37-16-8-10-22-43-37)20-24-45-41(27)39-33-14-6-7-15-34(33)40(36-26-30(18-19-35(36)39)29-12-4-3-5-13-29)42-28(2)32(21-25-46-42)38-17-9-11-23-44-38/h3-26H,1-2H3. The van der Waals surface area contributed by atoms with Gasteiger partial charge in [0.05, 0.1) is 22.8 Å². The Morgan fingerprint density at radius 3 is 1.41 bits per heavy atom. The van der Waals surface area contributed by atoms with Gasteiger partial charge < -0.3 is 0 Å². The predicted molar refractivity (Wildman–Crippen MR) is 189 cm³/mol. The normalized spacial score (nSPS) is 11.3. The molecule has 0 aliphatic heterocycles. The highest BCUT2D eigenvalue weighted by molar-refractivity contribution is 6.22. The van der Waals surface area contributed by atoms with Gasteiger partial charge >= 0.3 is 0 Å². The summed E-state index contributed by atoms with van der Waals surface area (Å²) in [6.07, 6.45) is 7.49. The third kappa shape index (κ3) is 4.63. The van der Waals surface area contributed by atoms with E-state index in [-0.39, 0.29) is 0 Å². The summed E-state index contributed by atoms with van der Waals surface area (Å²) in [6, 6.07) is 42.2. The zero-order chi connectivity index (χ0) is 31.0. The Bertz CT molecular complexity index is 2370. The van der Waals surface area contributed by atoms with E-state index in [2.05, 4.69) is 121 Å². The van der Waals surface area contributed by atoms with Gasteiger partial charge in [-0.05, 0) is 100 Å². The first-order chi connectivity index (χ1) is 22.7. The van der Waals surface area contributed by atoms with Crippen LogP contribution in [-0.2, 0) is 0 Å². The highest BCUT2D eigenvalue weighted by atomic mass is 14.7. The molecule has 0 spiro atoms. The van der Waals surface area contributed by atoms with E-state index in [1.54, 1.807) is 0 Å². The van der Waals surface area contributed by atoms with E-state index < -0.39 is 0 Å². The molecule has 0 fully saturated rings. The fraction of sp³-hybridized carbons (Fsp3) is 0.0476. The molecule has 4 heterocycles. The molecule has 8 aromatic rings. The Labute approximate surface area is 268 Å². The molecule has 4 heteroatoms. The van der Waals surface area contributed by atoms with Crippen LogP contribution >= 0.6 is 0 Å². The molecule has 8 rings (SSSR count). The minimum atomic E-state index is 0.935. The van der Waals surface area contributed by atoms with E-state index in [4.69, 9.17) is 9.97 Å². The van der Waals surface area contributed by atoms with E-state index in [0.717, 1.165) is 83.3 Å². The zero-order valence-electron chi connectivity index (χ0n) is 25.6. The number of rotatable bonds is 5. The lowest BCUT2D eigenvalue weighted by atomic mass is 9.84. The van der Waals surface area contributed by atoms with E-state index in [1.165, 1.54) is 5.56 Å². The fourth-order valence-electron chi connectivity index (χ4n) is 6.67. The van der Waals surface area contributed by atoms with Crippen LogP contribution in [0.2, 0.25) is 0 Å². The smallest absolute Gasteiger partial charge is 0.0750 e. The van der Waals surface area contributed by atoms with Gasteiger partial charge in [-0.15, -0.1) is 0 Å². The molecule has 46 heavy (non-hydrogen) atoms. The van der Waals surface area contributed by atoms with Crippen molar-refractivity contribution in [1.29, 1.82) is 0 Å². The number of benzene rings is 4. The molecular formula is C42H30N4. The second-order valence-corrected chi connectivity index (χ2v) is 11.5. The molecule has 4 aromatic carbocycles. The maximum absolute atomic E-state index is 5.06. The maximum atomic E-state index is 5.06. The maximum Gasteiger partial charge on any atom is 0.0750 e. The van der Waals surface area contributed by atoms with Crippen LogP contribution < -0.4 is 0 Å². The first kappa shape index (κ1) is 27.5. The van der Waals surface area contributed by atoms with Gasteiger partial charge in [0.1, 0.15) is 0 Å². The van der Waals surface area contributed by atoms with Crippen molar-refractivity contribution in [3.05, 3.63) is 157 Å². The van der Waals surface area contributed by atoms with E-state index in [1.807, 2.05) is 49.1 Å². The van der Waals surface area contributed by atoms with Crippen LogP contribution in [0.25, 0.3) is 77.7 Å². The Morgan fingerprint density at radius 1 is 0.370 bits per heavy atom. The second kappa shape index (κ2) is 11.5. The number of aromatic nitrogens is 4. The Hall–Kier alpha value is -6.00. The molecule has 0 bridgehead atoms. The van der Waals surface area contributed by atoms with Crippen LogP contribution in [-0.4, -0.2) is 19.9 Å². The number of fused-ring (bicyclic) bond motifs is 2. The molecule has 0 aliphatic carbocycles. The van der Waals surface area contributed by atoms with E-state index >= 15 is 0 Å². The lowest BCUT2D eigenvalue weighted by Gasteiger charge is -2.20. The van der Waals surface area contributed by atoms with Gasteiger partial charge in [-0.3, -0.25) is 19.9 Å². The summed E-state index contributed by atoms with van der Waals surface area (Å²) in [6.45, 7) is 4.31. The summed E-state index contributed by atoms with van der Waals surface area (Å²) in [5.74, 6) is 0. The monoisotopic (exact) mass is 590 g/mol. The van der Waals surface area contributed by atoms with Gasteiger partial charge in [-0.1, -0.05) is 78.9 Å². The van der Waals surface area contributed by atoms with Gasteiger partial charge in [0, 0.05) is 47.0 Å². The summed E-state index contributed by atoms with van der Waals surface area (Å²) in [7, 11) is 0. The number of nitrogens with zero attached hydrogens (tertiary/aromatic N) is 4. The molecule has 0 saturated heterocycles. The highest BCUT2D eigenvalue weighted by Crippen LogP contribution is 2.46. The zero-order valence-corrected chi connectivity index (χ0v) is 25.6. The van der Waals surface area contributed by atoms with Crippen LogP contribution in [0, 0.1) is 13.8 Å².